The average molecular weight is 272 g/mol. The Morgan fingerprint density at radius 3 is 3.06 bits per heavy atom. The number of anilines is 1. The molecule has 0 radical (unpaired) electrons. The summed E-state index contributed by atoms with van der Waals surface area (Å²) in [6.45, 7) is 0. The predicted octanol–water partition coefficient (Wildman–Crippen LogP) is 3.04. The molecule has 0 bridgehead atoms. The van der Waals surface area contributed by atoms with Crippen molar-refractivity contribution in [2.75, 3.05) is 23.9 Å². The average Bonchev–Trinajstić information content (AvgIpc) is 2.83. The van der Waals surface area contributed by atoms with E-state index in [4.69, 9.17) is 16.3 Å². The maximum Gasteiger partial charge on any atom is 0.340 e. The third kappa shape index (κ3) is 3.07. The van der Waals surface area contributed by atoms with Crippen LogP contribution in [-0.2, 0) is 4.74 Å². The zero-order chi connectivity index (χ0) is 12.3. The second-order valence-electron chi connectivity index (χ2n) is 3.89. The minimum Gasteiger partial charge on any atom is -0.465 e. The molecular formula is C12H14ClNO2S. The molecule has 1 atom stereocenters. The first-order chi connectivity index (χ1) is 8.20. The maximum atomic E-state index is 11.6. The first kappa shape index (κ1) is 12.6. The van der Waals surface area contributed by atoms with Gasteiger partial charge in [0, 0.05) is 22.5 Å². The van der Waals surface area contributed by atoms with Crippen molar-refractivity contribution in [3.8, 4) is 0 Å². The fourth-order valence-corrected chi connectivity index (χ4v) is 3.11. The molecule has 1 aliphatic heterocycles. The highest BCUT2D eigenvalue weighted by Crippen LogP contribution is 2.26. The number of hydrogen-bond donors (Lipinski definition) is 1. The molecule has 2 rings (SSSR count). The normalized spacial score (nSPS) is 19.1. The van der Waals surface area contributed by atoms with Gasteiger partial charge >= 0.3 is 5.97 Å². The van der Waals surface area contributed by atoms with Crippen molar-refractivity contribution in [3.63, 3.8) is 0 Å². The number of esters is 1. The Kier molecular flexibility index (Phi) is 4.18. The molecule has 1 N–H and O–H groups in total. The van der Waals surface area contributed by atoms with Crippen LogP contribution < -0.4 is 5.32 Å². The number of hydrogen-bond acceptors (Lipinski definition) is 4. The van der Waals surface area contributed by atoms with Crippen LogP contribution in [0.1, 0.15) is 16.8 Å². The molecule has 5 heteroatoms. The summed E-state index contributed by atoms with van der Waals surface area (Å²) in [5.41, 5.74) is 1.30. The number of methoxy groups -OCH3 is 1. The number of rotatable bonds is 3. The molecule has 1 unspecified atom stereocenters. The standard InChI is InChI=1S/C12H14ClNO2S/c1-16-12(15)10-6-8(13)2-3-11(10)14-9-4-5-17-7-9/h2-3,6,9,14H,4-5,7H2,1H3. The summed E-state index contributed by atoms with van der Waals surface area (Å²) in [5.74, 6) is 1.88. The van der Waals surface area contributed by atoms with Gasteiger partial charge < -0.3 is 10.1 Å². The van der Waals surface area contributed by atoms with E-state index in [9.17, 15) is 4.79 Å². The van der Waals surface area contributed by atoms with E-state index in [1.54, 1.807) is 12.1 Å². The lowest BCUT2D eigenvalue weighted by atomic mass is 10.1. The molecule has 1 saturated heterocycles. The first-order valence-corrected chi connectivity index (χ1v) is 6.96. The molecule has 92 valence electrons. The minimum atomic E-state index is -0.361. The van der Waals surface area contributed by atoms with Gasteiger partial charge in [0.1, 0.15) is 0 Å². The van der Waals surface area contributed by atoms with Crippen LogP contribution >= 0.6 is 23.4 Å². The second-order valence-corrected chi connectivity index (χ2v) is 5.47. The van der Waals surface area contributed by atoms with Crippen molar-refractivity contribution in [2.45, 2.75) is 12.5 Å². The zero-order valence-electron chi connectivity index (χ0n) is 9.53. The fraction of sp³-hybridized carbons (Fsp3) is 0.417. The number of carbonyl (C=O) groups excluding carboxylic acids is 1. The predicted molar refractivity (Wildman–Crippen MR) is 72.1 cm³/mol. The summed E-state index contributed by atoms with van der Waals surface area (Å²) < 4.78 is 4.75. The summed E-state index contributed by atoms with van der Waals surface area (Å²) in [6.07, 6.45) is 1.12. The molecule has 0 aromatic heterocycles. The van der Waals surface area contributed by atoms with Crippen LogP contribution in [0.3, 0.4) is 0 Å². The lowest BCUT2D eigenvalue weighted by Crippen LogP contribution is -2.20. The van der Waals surface area contributed by atoms with E-state index in [2.05, 4.69) is 5.32 Å². The SMILES string of the molecule is COC(=O)c1cc(Cl)ccc1NC1CCSC1. The summed E-state index contributed by atoms with van der Waals surface area (Å²) >= 11 is 7.81. The van der Waals surface area contributed by atoms with Gasteiger partial charge in [-0.3, -0.25) is 0 Å². The molecule has 3 nitrogen and oxygen atoms in total. The van der Waals surface area contributed by atoms with E-state index >= 15 is 0 Å². The van der Waals surface area contributed by atoms with E-state index in [0.717, 1.165) is 17.9 Å². The number of benzene rings is 1. The lowest BCUT2D eigenvalue weighted by Gasteiger charge is -2.15. The van der Waals surface area contributed by atoms with Gasteiger partial charge in [0.15, 0.2) is 0 Å². The largest absolute Gasteiger partial charge is 0.465 e. The van der Waals surface area contributed by atoms with E-state index < -0.39 is 0 Å². The Morgan fingerprint density at radius 1 is 1.59 bits per heavy atom. The molecule has 1 aliphatic rings. The van der Waals surface area contributed by atoms with E-state index in [1.807, 2.05) is 17.8 Å². The van der Waals surface area contributed by atoms with Crippen LogP contribution in [0, 0.1) is 0 Å². The number of ether oxygens (including phenoxy) is 1. The van der Waals surface area contributed by atoms with Gasteiger partial charge in [0.05, 0.1) is 12.7 Å². The second kappa shape index (κ2) is 5.65. The summed E-state index contributed by atoms with van der Waals surface area (Å²) in [4.78, 5) is 11.6. The molecule has 0 saturated carbocycles. The Balaban J connectivity index is 2.22. The molecule has 1 heterocycles. The smallest absolute Gasteiger partial charge is 0.340 e. The minimum absolute atomic E-state index is 0.361. The first-order valence-electron chi connectivity index (χ1n) is 5.43. The van der Waals surface area contributed by atoms with Gasteiger partial charge in [-0.15, -0.1) is 0 Å². The van der Waals surface area contributed by atoms with Gasteiger partial charge in [-0.25, -0.2) is 4.79 Å². The van der Waals surface area contributed by atoms with Crippen LogP contribution in [-0.4, -0.2) is 30.6 Å². The summed E-state index contributed by atoms with van der Waals surface area (Å²) in [6, 6.07) is 5.66. The van der Waals surface area contributed by atoms with Gasteiger partial charge in [-0.05, 0) is 30.4 Å². The van der Waals surface area contributed by atoms with Gasteiger partial charge in [0.25, 0.3) is 0 Å². The third-order valence-corrected chi connectivity index (χ3v) is 4.07. The van der Waals surface area contributed by atoms with Crippen molar-refractivity contribution >= 4 is 35.0 Å². The quantitative estimate of drug-likeness (QED) is 0.858. The van der Waals surface area contributed by atoms with Gasteiger partial charge in [0.2, 0.25) is 0 Å². The number of nitrogens with one attached hydrogen (secondary N) is 1. The Hall–Kier alpha value is -0.870. The van der Waals surface area contributed by atoms with Gasteiger partial charge in [-0.1, -0.05) is 11.6 Å². The fourth-order valence-electron chi connectivity index (χ4n) is 1.79. The van der Waals surface area contributed by atoms with Crippen molar-refractivity contribution in [1.29, 1.82) is 0 Å². The molecule has 1 aromatic rings. The van der Waals surface area contributed by atoms with Crippen molar-refractivity contribution in [2.24, 2.45) is 0 Å². The Bertz CT molecular complexity index is 419. The van der Waals surface area contributed by atoms with Crippen LogP contribution in [0.5, 0.6) is 0 Å². The number of thioether (sulfide) groups is 1. The lowest BCUT2D eigenvalue weighted by molar-refractivity contribution is 0.0602. The van der Waals surface area contributed by atoms with E-state index in [-0.39, 0.29) is 5.97 Å². The number of carbonyl (C=O) groups is 1. The highest BCUT2D eigenvalue weighted by atomic mass is 35.5. The van der Waals surface area contributed by atoms with Crippen molar-refractivity contribution < 1.29 is 9.53 Å². The monoisotopic (exact) mass is 271 g/mol. The van der Waals surface area contributed by atoms with Gasteiger partial charge in [-0.2, -0.15) is 11.8 Å². The number of halogens is 1. The molecular weight excluding hydrogens is 258 g/mol. The highest BCUT2D eigenvalue weighted by molar-refractivity contribution is 7.99. The van der Waals surface area contributed by atoms with E-state index in [1.165, 1.54) is 12.9 Å². The zero-order valence-corrected chi connectivity index (χ0v) is 11.1. The summed E-state index contributed by atoms with van der Waals surface area (Å²) in [5, 5.41) is 3.91. The Morgan fingerprint density at radius 2 is 2.41 bits per heavy atom. The van der Waals surface area contributed by atoms with Crippen LogP contribution in [0.15, 0.2) is 18.2 Å². The van der Waals surface area contributed by atoms with Crippen LogP contribution in [0.25, 0.3) is 0 Å². The third-order valence-electron chi connectivity index (χ3n) is 2.68. The molecule has 0 spiro atoms. The molecule has 1 fully saturated rings. The maximum absolute atomic E-state index is 11.6. The van der Waals surface area contributed by atoms with E-state index in [0.29, 0.717) is 16.6 Å². The van der Waals surface area contributed by atoms with Crippen molar-refractivity contribution in [1.82, 2.24) is 0 Å². The van der Waals surface area contributed by atoms with Crippen molar-refractivity contribution in [3.05, 3.63) is 28.8 Å². The highest BCUT2D eigenvalue weighted by Gasteiger charge is 2.19. The summed E-state index contributed by atoms with van der Waals surface area (Å²) in [7, 11) is 1.37. The topological polar surface area (TPSA) is 38.3 Å². The van der Waals surface area contributed by atoms with Crippen LogP contribution in [0.4, 0.5) is 5.69 Å². The molecule has 0 aliphatic carbocycles. The van der Waals surface area contributed by atoms with Crippen LogP contribution in [0.2, 0.25) is 5.02 Å². The Labute approximate surface area is 110 Å². The molecule has 1 aromatic carbocycles. The molecule has 17 heavy (non-hydrogen) atoms. The molecule has 0 amide bonds.